The molecule has 0 fully saturated rings. The van der Waals surface area contributed by atoms with Crippen LogP contribution >= 0.6 is 27.5 Å². The van der Waals surface area contributed by atoms with Crippen LogP contribution in [0.5, 0.6) is 0 Å². The summed E-state index contributed by atoms with van der Waals surface area (Å²) in [4.78, 5) is 4.21. The fraction of sp³-hybridized carbons (Fsp3) is 0.133. The van der Waals surface area contributed by atoms with E-state index in [9.17, 15) is 4.39 Å². The molecule has 3 aromatic rings. The fourth-order valence-electron chi connectivity index (χ4n) is 2.43. The van der Waals surface area contributed by atoms with E-state index in [1.807, 2.05) is 35.8 Å². The van der Waals surface area contributed by atoms with Crippen molar-refractivity contribution in [1.82, 2.24) is 9.55 Å². The Balaban J connectivity index is 2.19. The summed E-state index contributed by atoms with van der Waals surface area (Å²) in [7, 11) is 0. The maximum Gasteiger partial charge on any atom is 0.201 e. The smallest absolute Gasteiger partial charge is 0.201 e. The van der Waals surface area contributed by atoms with E-state index >= 15 is 0 Å². The molecular weight excluding hydrogens is 357 g/mol. The number of hydrogen-bond acceptors (Lipinski definition) is 2. The van der Waals surface area contributed by atoms with Gasteiger partial charge < -0.3 is 10.3 Å². The zero-order valence-corrected chi connectivity index (χ0v) is 13.5. The molecule has 0 aliphatic heterocycles. The minimum absolute atomic E-state index is 0.0472. The highest BCUT2D eigenvalue weighted by Crippen LogP contribution is 2.31. The molecule has 0 spiro atoms. The molecule has 21 heavy (non-hydrogen) atoms. The summed E-state index contributed by atoms with van der Waals surface area (Å²) in [5, 5.41) is 0.0603. The minimum atomic E-state index is -0.496. The Morgan fingerprint density at radius 1 is 1.33 bits per heavy atom. The number of nitrogen functional groups attached to an aromatic ring is 1. The number of halogens is 3. The van der Waals surface area contributed by atoms with E-state index in [1.165, 1.54) is 6.07 Å². The zero-order valence-electron chi connectivity index (χ0n) is 11.1. The number of fused-ring (bicyclic) bond motifs is 1. The van der Waals surface area contributed by atoms with Crippen LogP contribution in [0.3, 0.4) is 0 Å². The third kappa shape index (κ3) is 2.51. The lowest BCUT2D eigenvalue weighted by molar-refractivity contribution is 0.629. The van der Waals surface area contributed by atoms with Gasteiger partial charge in [-0.15, -0.1) is 0 Å². The lowest BCUT2D eigenvalue weighted by atomic mass is 10.1. The predicted octanol–water partition coefficient (Wildman–Crippen LogP) is 4.78. The van der Waals surface area contributed by atoms with Crippen LogP contribution < -0.4 is 5.73 Å². The molecule has 3 nitrogen and oxygen atoms in total. The topological polar surface area (TPSA) is 43.8 Å². The van der Waals surface area contributed by atoms with Gasteiger partial charge in [0.25, 0.3) is 0 Å². The van der Waals surface area contributed by atoms with Crippen molar-refractivity contribution in [2.75, 3.05) is 5.73 Å². The maximum atomic E-state index is 13.5. The van der Waals surface area contributed by atoms with Gasteiger partial charge in [0.05, 0.1) is 22.1 Å². The molecule has 0 amide bonds. The van der Waals surface area contributed by atoms with Gasteiger partial charge in [-0.1, -0.05) is 39.7 Å². The number of nitrogens with zero attached hydrogens (tertiary/aromatic N) is 2. The first-order valence-corrected chi connectivity index (χ1v) is 7.52. The van der Waals surface area contributed by atoms with Crippen molar-refractivity contribution in [2.24, 2.45) is 0 Å². The number of nitrogens with two attached hydrogens (primary N) is 1. The summed E-state index contributed by atoms with van der Waals surface area (Å²) >= 11 is 9.34. The number of anilines is 1. The summed E-state index contributed by atoms with van der Waals surface area (Å²) in [5.41, 5.74) is 8.28. The number of hydrogen-bond donors (Lipinski definition) is 1. The molecule has 2 N–H and O–H groups in total. The normalized spacial score (nSPS) is 12.8. The average Bonchev–Trinajstić information content (AvgIpc) is 2.74. The number of imidazole rings is 1. The van der Waals surface area contributed by atoms with Crippen molar-refractivity contribution < 1.29 is 4.39 Å². The van der Waals surface area contributed by atoms with Gasteiger partial charge in [0.15, 0.2) is 0 Å². The summed E-state index contributed by atoms with van der Waals surface area (Å²) in [6.07, 6.45) is 0. The van der Waals surface area contributed by atoms with Gasteiger partial charge in [-0.05, 0) is 30.7 Å². The largest absolute Gasteiger partial charge is 0.369 e. The van der Waals surface area contributed by atoms with Crippen molar-refractivity contribution in [3.63, 3.8) is 0 Å². The predicted molar refractivity (Wildman–Crippen MR) is 87.1 cm³/mol. The molecule has 1 atom stereocenters. The highest BCUT2D eigenvalue weighted by Gasteiger charge is 2.17. The quantitative estimate of drug-likeness (QED) is 0.707. The fourth-order valence-corrected chi connectivity index (χ4v) is 3.01. The lowest BCUT2D eigenvalue weighted by Gasteiger charge is -2.17. The standard InChI is InChI=1S/C15H12BrClFN3/c1-8(9-3-2-4-10(16)5-9)21-14-6-11(17)12(18)7-13(14)20-15(21)19/h2-8H,1H3,(H2,19,20). The van der Waals surface area contributed by atoms with Crippen LogP contribution in [0.25, 0.3) is 11.0 Å². The van der Waals surface area contributed by atoms with Crippen LogP contribution in [0.4, 0.5) is 10.3 Å². The Morgan fingerprint density at radius 2 is 2.10 bits per heavy atom. The number of rotatable bonds is 2. The number of benzene rings is 2. The Kier molecular flexibility index (Phi) is 3.63. The van der Waals surface area contributed by atoms with Crippen LogP contribution in [0, 0.1) is 5.82 Å². The van der Waals surface area contributed by atoms with Gasteiger partial charge >= 0.3 is 0 Å². The molecule has 3 rings (SSSR count). The van der Waals surface area contributed by atoms with E-state index < -0.39 is 5.82 Å². The van der Waals surface area contributed by atoms with E-state index in [0.717, 1.165) is 10.0 Å². The molecule has 0 radical (unpaired) electrons. The van der Waals surface area contributed by atoms with Crippen molar-refractivity contribution in [3.05, 3.63) is 57.3 Å². The Hall–Kier alpha value is -1.59. The van der Waals surface area contributed by atoms with Gasteiger partial charge in [0.2, 0.25) is 5.95 Å². The SMILES string of the molecule is CC(c1cccc(Br)c1)n1c(N)nc2cc(F)c(Cl)cc21. The first-order chi connectivity index (χ1) is 9.97. The molecule has 0 aliphatic rings. The second-order valence-corrected chi connectivity index (χ2v) is 6.15. The third-order valence-electron chi connectivity index (χ3n) is 3.48. The second kappa shape index (κ2) is 5.31. The van der Waals surface area contributed by atoms with Crippen LogP contribution in [0.1, 0.15) is 18.5 Å². The average molecular weight is 369 g/mol. The summed E-state index contributed by atoms with van der Waals surface area (Å²) in [5.74, 6) is -0.164. The van der Waals surface area contributed by atoms with Crippen LogP contribution in [0.15, 0.2) is 40.9 Å². The Labute approximate surface area is 134 Å². The highest BCUT2D eigenvalue weighted by atomic mass is 79.9. The molecule has 6 heteroatoms. The van der Waals surface area contributed by atoms with Crippen LogP contribution in [0.2, 0.25) is 5.02 Å². The summed E-state index contributed by atoms with van der Waals surface area (Å²) in [6, 6.07) is 10.7. The van der Waals surface area contributed by atoms with E-state index in [0.29, 0.717) is 17.0 Å². The van der Waals surface area contributed by atoms with Gasteiger partial charge in [0.1, 0.15) is 5.82 Å². The van der Waals surface area contributed by atoms with Gasteiger partial charge in [0, 0.05) is 10.5 Å². The molecule has 0 saturated carbocycles. The van der Waals surface area contributed by atoms with E-state index in [4.69, 9.17) is 17.3 Å². The van der Waals surface area contributed by atoms with Gasteiger partial charge in [-0.2, -0.15) is 0 Å². The number of aromatic nitrogens is 2. The first-order valence-electron chi connectivity index (χ1n) is 6.35. The first kappa shape index (κ1) is 14.4. The molecule has 108 valence electrons. The van der Waals surface area contributed by atoms with Crippen molar-refractivity contribution >= 4 is 44.5 Å². The minimum Gasteiger partial charge on any atom is -0.369 e. The van der Waals surface area contributed by atoms with Crippen LogP contribution in [-0.4, -0.2) is 9.55 Å². The van der Waals surface area contributed by atoms with Crippen molar-refractivity contribution in [1.29, 1.82) is 0 Å². The maximum absolute atomic E-state index is 13.5. The zero-order chi connectivity index (χ0) is 15.1. The lowest BCUT2D eigenvalue weighted by Crippen LogP contribution is -2.10. The molecule has 2 aromatic carbocycles. The van der Waals surface area contributed by atoms with E-state index in [2.05, 4.69) is 20.9 Å². The Morgan fingerprint density at radius 3 is 2.81 bits per heavy atom. The summed E-state index contributed by atoms with van der Waals surface area (Å²) in [6.45, 7) is 2.01. The molecule has 1 unspecified atom stereocenters. The Bertz CT molecular complexity index is 831. The molecule has 1 aromatic heterocycles. The molecule has 1 heterocycles. The second-order valence-electron chi connectivity index (χ2n) is 4.83. The van der Waals surface area contributed by atoms with Gasteiger partial charge in [-0.3, -0.25) is 0 Å². The van der Waals surface area contributed by atoms with Gasteiger partial charge in [-0.25, -0.2) is 9.37 Å². The van der Waals surface area contributed by atoms with E-state index in [-0.39, 0.29) is 11.1 Å². The third-order valence-corrected chi connectivity index (χ3v) is 4.26. The molecular formula is C15H12BrClFN3. The highest BCUT2D eigenvalue weighted by molar-refractivity contribution is 9.10. The van der Waals surface area contributed by atoms with Crippen molar-refractivity contribution in [3.8, 4) is 0 Å². The summed E-state index contributed by atoms with van der Waals surface area (Å²) < 4.78 is 16.4. The van der Waals surface area contributed by atoms with Crippen LogP contribution in [-0.2, 0) is 0 Å². The molecule has 0 aliphatic carbocycles. The van der Waals surface area contributed by atoms with E-state index in [1.54, 1.807) is 6.07 Å². The monoisotopic (exact) mass is 367 g/mol. The molecule has 0 saturated heterocycles. The molecule has 0 bridgehead atoms. The van der Waals surface area contributed by atoms with Crippen molar-refractivity contribution in [2.45, 2.75) is 13.0 Å².